The lowest BCUT2D eigenvalue weighted by Gasteiger charge is -2.14. The lowest BCUT2D eigenvalue weighted by molar-refractivity contribution is -0.121. The van der Waals surface area contributed by atoms with Crippen LogP contribution in [0.1, 0.15) is 29.3 Å². The van der Waals surface area contributed by atoms with Crippen LogP contribution in [0.5, 0.6) is 5.88 Å². The Morgan fingerprint density at radius 2 is 1.92 bits per heavy atom. The van der Waals surface area contributed by atoms with Crippen molar-refractivity contribution in [1.82, 2.24) is 15.6 Å². The van der Waals surface area contributed by atoms with E-state index in [2.05, 4.69) is 15.6 Å². The molecule has 0 aliphatic heterocycles. The Morgan fingerprint density at radius 1 is 1.17 bits per heavy atom. The largest absolute Gasteiger partial charge is 0.481 e. The van der Waals surface area contributed by atoms with Gasteiger partial charge in [0.05, 0.1) is 7.11 Å². The van der Waals surface area contributed by atoms with Crippen LogP contribution in [0.25, 0.3) is 0 Å². The number of benzene rings is 1. The third-order valence-corrected chi connectivity index (χ3v) is 3.40. The first-order chi connectivity index (χ1) is 11.6. The number of hydrogen-bond donors (Lipinski definition) is 2. The van der Waals surface area contributed by atoms with Crippen LogP contribution in [0.2, 0.25) is 0 Å². The van der Waals surface area contributed by atoms with Gasteiger partial charge in [-0.3, -0.25) is 9.59 Å². The van der Waals surface area contributed by atoms with E-state index in [1.165, 1.54) is 0 Å². The van der Waals surface area contributed by atoms with Crippen LogP contribution in [0.15, 0.2) is 48.7 Å². The van der Waals surface area contributed by atoms with Crippen LogP contribution in [0.3, 0.4) is 0 Å². The zero-order valence-electron chi connectivity index (χ0n) is 13.8. The van der Waals surface area contributed by atoms with Gasteiger partial charge < -0.3 is 15.4 Å². The molecule has 0 unspecified atom stereocenters. The second kappa shape index (κ2) is 8.67. The number of pyridine rings is 1. The molecule has 2 amide bonds. The molecule has 24 heavy (non-hydrogen) atoms. The predicted molar refractivity (Wildman–Crippen MR) is 90.6 cm³/mol. The molecule has 2 aromatic rings. The summed E-state index contributed by atoms with van der Waals surface area (Å²) >= 11 is 0. The summed E-state index contributed by atoms with van der Waals surface area (Å²) in [5.41, 5.74) is 1.46. The van der Waals surface area contributed by atoms with Gasteiger partial charge in [0, 0.05) is 36.8 Å². The van der Waals surface area contributed by atoms with Crippen molar-refractivity contribution in [2.24, 2.45) is 0 Å². The van der Waals surface area contributed by atoms with Gasteiger partial charge in [-0.2, -0.15) is 0 Å². The molecular weight excluding hydrogens is 306 g/mol. The van der Waals surface area contributed by atoms with Crippen molar-refractivity contribution >= 4 is 11.8 Å². The number of ether oxygens (including phenoxy) is 1. The zero-order valence-corrected chi connectivity index (χ0v) is 13.8. The number of aromatic nitrogens is 1. The summed E-state index contributed by atoms with van der Waals surface area (Å²) in [6.07, 6.45) is 1.86. The second-order valence-electron chi connectivity index (χ2n) is 5.43. The maximum Gasteiger partial charge on any atom is 0.251 e. The SMILES string of the molecule is COc1ccc(CNC(=O)C[C@H](C)NC(=O)c2ccccc2)cn1. The third-order valence-electron chi connectivity index (χ3n) is 3.40. The summed E-state index contributed by atoms with van der Waals surface area (Å²) in [5, 5.41) is 5.62. The van der Waals surface area contributed by atoms with Crippen LogP contribution in [-0.4, -0.2) is 29.9 Å². The summed E-state index contributed by atoms with van der Waals surface area (Å²) in [4.78, 5) is 28.1. The topological polar surface area (TPSA) is 80.3 Å². The molecule has 0 spiro atoms. The Balaban J connectivity index is 1.75. The molecule has 1 aromatic carbocycles. The fourth-order valence-electron chi connectivity index (χ4n) is 2.13. The van der Waals surface area contributed by atoms with Crippen LogP contribution >= 0.6 is 0 Å². The highest BCUT2D eigenvalue weighted by molar-refractivity contribution is 5.94. The first kappa shape index (κ1) is 17.5. The molecule has 0 bridgehead atoms. The van der Waals surface area contributed by atoms with Crippen LogP contribution < -0.4 is 15.4 Å². The lowest BCUT2D eigenvalue weighted by atomic mass is 10.1. The number of methoxy groups -OCH3 is 1. The van der Waals surface area contributed by atoms with E-state index in [1.54, 1.807) is 50.6 Å². The lowest BCUT2D eigenvalue weighted by Crippen LogP contribution is -2.37. The van der Waals surface area contributed by atoms with Crippen molar-refractivity contribution in [3.05, 3.63) is 59.8 Å². The van der Waals surface area contributed by atoms with Crippen molar-refractivity contribution in [3.63, 3.8) is 0 Å². The quantitative estimate of drug-likeness (QED) is 0.814. The number of hydrogen-bond acceptors (Lipinski definition) is 4. The minimum atomic E-state index is -0.258. The van der Waals surface area contributed by atoms with Gasteiger partial charge in [0.1, 0.15) is 0 Å². The molecule has 1 atom stereocenters. The van der Waals surface area contributed by atoms with Crippen molar-refractivity contribution in [3.8, 4) is 5.88 Å². The van der Waals surface area contributed by atoms with E-state index in [9.17, 15) is 9.59 Å². The molecule has 6 heteroatoms. The molecule has 2 N–H and O–H groups in total. The summed E-state index contributed by atoms with van der Waals surface area (Å²) < 4.78 is 4.98. The first-order valence-corrected chi connectivity index (χ1v) is 7.70. The monoisotopic (exact) mass is 327 g/mol. The average Bonchev–Trinajstić information content (AvgIpc) is 2.61. The summed E-state index contributed by atoms with van der Waals surface area (Å²) in [6.45, 7) is 2.19. The van der Waals surface area contributed by atoms with E-state index in [0.717, 1.165) is 5.56 Å². The first-order valence-electron chi connectivity index (χ1n) is 7.70. The van der Waals surface area contributed by atoms with Gasteiger partial charge in [-0.05, 0) is 24.6 Å². The van der Waals surface area contributed by atoms with Crippen molar-refractivity contribution in [2.45, 2.75) is 25.9 Å². The van der Waals surface area contributed by atoms with Gasteiger partial charge in [0.25, 0.3) is 5.91 Å². The Hall–Kier alpha value is -2.89. The fourth-order valence-corrected chi connectivity index (χ4v) is 2.13. The van der Waals surface area contributed by atoms with E-state index < -0.39 is 0 Å². The van der Waals surface area contributed by atoms with Crippen LogP contribution in [0, 0.1) is 0 Å². The van der Waals surface area contributed by atoms with Crippen LogP contribution in [-0.2, 0) is 11.3 Å². The van der Waals surface area contributed by atoms with Gasteiger partial charge in [-0.15, -0.1) is 0 Å². The molecule has 0 saturated heterocycles. The molecule has 2 rings (SSSR count). The fraction of sp³-hybridized carbons (Fsp3) is 0.278. The van der Waals surface area contributed by atoms with Gasteiger partial charge >= 0.3 is 0 Å². The highest BCUT2D eigenvalue weighted by Crippen LogP contribution is 2.06. The smallest absolute Gasteiger partial charge is 0.251 e. The molecule has 6 nitrogen and oxygen atoms in total. The summed E-state index contributed by atoms with van der Waals surface area (Å²) in [6, 6.07) is 12.2. The van der Waals surface area contributed by atoms with Gasteiger partial charge in [-0.1, -0.05) is 24.3 Å². The van der Waals surface area contributed by atoms with E-state index in [1.807, 2.05) is 12.1 Å². The number of rotatable bonds is 7. The predicted octanol–water partition coefficient (Wildman–Crippen LogP) is 1.91. The number of amides is 2. The van der Waals surface area contributed by atoms with E-state index in [0.29, 0.717) is 18.0 Å². The molecule has 0 saturated carbocycles. The highest BCUT2D eigenvalue weighted by atomic mass is 16.5. The standard InChI is InChI=1S/C18H21N3O3/c1-13(21-18(23)15-6-4-3-5-7-15)10-16(22)19-11-14-8-9-17(24-2)20-12-14/h3-9,12-13H,10-11H2,1-2H3,(H,19,22)(H,21,23)/t13-/m0/s1. The number of nitrogens with zero attached hydrogens (tertiary/aromatic N) is 1. The Labute approximate surface area is 141 Å². The van der Waals surface area contributed by atoms with Crippen molar-refractivity contribution < 1.29 is 14.3 Å². The van der Waals surface area contributed by atoms with Gasteiger partial charge in [-0.25, -0.2) is 4.98 Å². The average molecular weight is 327 g/mol. The maximum atomic E-state index is 12.0. The third kappa shape index (κ3) is 5.39. The molecule has 1 heterocycles. The number of nitrogens with one attached hydrogen (secondary N) is 2. The number of carbonyl (C=O) groups is 2. The molecule has 0 aliphatic rings. The molecule has 0 aliphatic carbocycles. The maximum absolute atomic E-state index is 12.0. The highest BCUT2D eigenvalue weighted by Gasteiger charge is 2.13. The van der Waals surface area contributed by atoms with Gasteiger partial charge in [0.15, 0.2) is 0 Å². The van der Waals surface area contributed by atoms with E-state index in [-0.39, 0.29) is 24.3 Å². The molecule has 1 aromatic heterocycles. The Kier molecular flexibility index (Phi) is 6.31. The van der Waals surface area contributed by atoms with Crippen LogP contribution in [0.4, 0.5) is 0 Å². The minimum Gasteiger partial charge on any atom is -0.481 e. The molecule has 126 valence electrons. The van der Waals surface area contributed by atoms with Gasteiger partial charge in [0.2, 0.25) is 11.8 Å². The molecule has 0 fully saturated rings. The molecular formula is C18H21N3O3. The van der Waals surface area contributed by atoms with E-state index >= 15 is 0 Å². The van der Waals surface area contributed by atoms with E-state index in [4.69, 9.17) is 4.74 Å². The zero-order chi connectivity index (χ0) is 17.4. The normalized spacial score (nSPS) is 11.4. The second-order valence-corrected chi connectivity index (χ2v) is 5.43. The van der Waals surface area contributed by atoms with Crippen molar-refractivity contribution in [1.29, 1.82) is 0 Å². The molecule has 0 radical (unpaired) electrons. The number of carbonyl (C=O) groups excluding carboxylic acids is 2. The summed E-state index contributed by atoms with van der Waals surface area (Å²) in [5.74, 6) is 0.212. The summed E-state index contributed by atoms with van der Waals surface area (Å²) in [7, 11) is 1.55. The Morgan fingerprint density at radius 3 is 2.54 bits per heavy atom. The Bertz CT molecular complexity index is 672. The minimum absolute atomic E-state index is 0.133. The van der Waals surface area contributed by atoms with Crippen molar-refractivity contribution in [2.75, 3.05) is 7.11 Å².